The smallest absolute Gasteiger partial charge is 0.336 e. The second-order valence-electron chi connectivity index (χ2n) is 4.39. The number of carboxylic acid groups (broad SMARTS) is 1. The van der Waals surface area contributed by atoms with E-state index in [0.29, 0.717) is 23.2 Å². The summed E-state index contributed by atoms with van der Waals surface area (Å²) in [7, 11) is 0. The summed E-state index contributed by atoms with van der Waals surface area (Å²) in [5.41, 5.74) is 0.596. The summed E-state index contributed by atoms with van der Waals surface area (Å²) in [4.78, 5) is 22.8. The first kappa shape index (κ1) is 14.0. The second-order valence-corrected chi connectivity index (χ2v) is 5.24. The Bertz CT molecular complexity index is 497. The Morgan fingerprint density at radius 1 is 1.47 bits per heavy atom. The van der Waals surface area contributed by atoms with Crippen molar-refractivity contribution >= 4 is 33.5 Å². The highest BCUT2D eigenvalue weighted by atomic mass is 79.9. The lowest BCUT2D eigenvalue weighted by Gasteiger charge is -2.10. The van der Waals surface area contributed by atoms with Gasteiger partial charge in [-0.3, -0.25) is 4.79 Å². The summed E-state index contributed by atoms with van der Waals surface area (Å²) in [6.07, 6.45) is 2.17. The Morgan fingerprint density at radius 2 is 2.26 bits per heavy atom. The molecule has 1 atom stereocenters. The van der Waals surface area contributed by atoms with E-state index in [9.17, 15) is 9.59 Å². The van der Waals surface area contributed by atoms with Gasteiger partial charge in [0.05, 0.1) is 18.1 Å². The van der Waals surface area contributed by atoms with Crippen LogP contribution < -0.4 is 5.32 Å². The van der Waals surface area contributed by atoms with Crippen LogP contribution >= 0.6 is 15.9 Å². The van der Waals surface area contributed by atoms with Gasteiger partial charge in [0, 0.05) is 16.8 Å². The third kappa shape index (κ3) is 3.78. The van der Waals surface area contributed by atoms with Crippen molar-refractivity contribution in [3.05, 3.63) is 28.2 Å². The summed E-state index contributed by atoms with van der Waals surface area (Å²) in [6, 6.07) is 4.69. The zero-order valence-corrected chi connectivity index (χ0v) is 11.8. The van der Waals surface area contributed by atoms with Gasteiger partial charge in [0.2, 0.25) is 5.91 Å². The number of carboxylic acids is 1. The molecule has 0 aliphatic carbocycles. The van der Waals surface area contributed by atoms with Gasteiger partial charge in [-0.1, -0.05) is 0 Å². The molecule has 1 saturated heterocycles. The molecule has 1 heterocycles. The number of amides is 1. The molecule has 0 bridgehead atoms. The van der Waals surface area contributed by atoms with Crippen molar-refractivity contribution in [3.63, 3.8) is 0 Å². The van der Waals surface area contributed by atoms with E-state index in [1.165, 1.54) is 6.07 Å². The fourth-order valence-electron chi connectivity index (χ4n) is 1.99. The predicted molar refractivity (Wildman–Crippen MR) is 73.3 cm³/mol. The largest absolute Gasteiger partial charge is 0.478 e. The fourth-order valence-corrected chi connectivity index (χ4v) is 2.41. The number of rotatable bonds is 4. The second kappa shape index (κ2) is 6.16. The van der Waals surface area contributed by atoms with Crippen molar-refractivity contribution < 1.29 is 19.4 Å². The number of aromatic carboxylic acids is 1. The van der Waals surface area contributed by atoms with Crippen LogP contribution in [-0.2, 0) is 9.53 Å². The minimum Gasteiger partial charge on any atom is -0.478 e. The van der Waals surface area contributed by atoms with Crippen LogP contribution in [0.15, 0.2) is 22.7 Å². The first-order valence-electron chi connectivity index (χ1n) is 6.00. The standard InChI is InChI=1S/C13H14BrNO4/c14-11-4-3-8(6-10(11)13(17)18)15-12(16)7-9-2-1-5-19-9/h3-4,6,9H,1-2,5,7H2,(H,15,16)(H,17,18). The van der Waals surface area contributed by atoms with Crippen molar-refractivity contribution in [2.24, 2.45) is 0 Å². The monoisotopic (exact) mass is 327 g/mol. The van der Waals surface area contributed by atoms with Gasteiger partial charge < -0.3 is 15.2 Å². The third-order valence-corrected chi connectivity index (χ3v) is 3.61. The summed E-state index contributed by atoms with van der Waals surface area (Å²) in [5.74, 6) is -1.20. The number of hydrogen-bond donors (Lipinski definition) is 2. The Morgan fingerprint density at radius 3 is 2.89 bits per heavy atom. The highest BCUT2D eigenvalue weighted by Crippen LogP contribution is 2.22. The molecule has 5 nitrogen and oxygen atoms in total. The molecular formula is C13H14BrNO4. The van der Waals surface area contributed by atoms with Crippen LogP contribution in [0.2, 0.25) is 0 Å². The highest BCUT2D eigenvalue weighted by Gasteiger charge is 2.19. The maximum atomic E-state index is 11.8. The van der Waals surface area contributed by atoms with Crippen molar-refractivity contribution in [3.8, 4) is 0 Å². The topological polar surface area (TPSA) is 75.6 Å². The van der Waals surface area contributed by atoms with Crippen LogP contribution in [0.1, 0.15) is 29.6 Å². The van der Waals surface area contributed by atoms with Gasteiger partial charge in [0.15, 0.2) is 0 Å². The first-order chi connectivity index (χ1) is 9.06. The van der Waals surface area contributed by atoms with Crippen LogP contribution in [0.25, 0.3) is 0 Å². The molecule has 1 aromatic rings. The van der Waals surface area contributed by atoms with E-state index in [1.807, 2.05) is 0 Å². The lowest BCUT2D eigenvalue weighted by molar-refractivity contribution is -0.118. The number of halogens is 1. The summed E-state index contributed by atoms with van der Waals surface area (Å²) >= 11 is 3.15. The average molecular weight is 328 g/mol. The highest BCUT2D eigenvalue weighted by molar-refractivity contribution is 9.10. The van der Waals surface area contributed by atoms with Crippen LogP contribution in [0, 0.1) is 0 Å². The maximum absolute atomic E-state index is 11.8. The SMILES string of the molecule is O=C(CC1CCCO1)Nc1ccc(Br)c(C(=O)O)c1. The lowest BCUT2D eigenvalue weighted by Crippen LogP contribution is -2.19. The van der Waals surface area contributed by atoms with E-state index in [1.54, 1.807) is 12.1 Å². The summed E-state index contributed by atoms with van der Waals surface area (Å²) in [6.45, 7) is 0.708. The molecule has 0 aromatic heterocycles. The lowest BCUT2D eigenvalue weighted by atomic mass is 10.1. The minimum atomic E-state index is -1.04. The molecule has 1 aliphatic rings. The number of benzene rings is 1. The van der Waals surface area contributed by atoms with E-state index < -0.39 is 5.97 Å². The van der Waals surface area contributed by atoms with Crippen molar-refractivity contribution in [2.45, 2.75) is 25.4 Å². The fraction of sp³-hybridized carbons (Fsp3) is 0.385. The Balaban J connectivity index is 2.00. The number of ether oxygens (including phenoxy) is 1. The Kier molecular flexibility index (Phi) is 4.55. The number of carbonyl (C=O) groups excluding carboxylic acids is 1. The molecule has 0 saturated carbocycles. The van der Waals surface area contributed by atoms with Crippen LogP contribution in [0.5, 0.6) is 0 Å². The molecular weight excluding hydrogens is 314 g/mol. The third-order valence-electron chi connectivity index (χ3n) is 2.92. The molecule has 1 aliphatic heterocycles. The summed E-state index contributed by atoms with van der Waals surface area (Å²) in [5, 5.41) is 11.7. The average Bonchev–Trinajstić information content (AvgIpc) is 2.84. The summed E-state index contributed by atoms with van der Waals surface area (Å²) < 4.78 is 5.86. The van der Waals surface area contributed by atoms with Crippen molar-refractivity contribution in [1.82, 2.24) is 0 Å². The number of nitrogens with one attached hydrogen (secondary N) is 1. The molecule has 1 amide bonds. The first-order valence-corrected chi connectivity index (χ1v) is 6.80. The van der Waals surface area contributed by atoms with Crippen LogP contribution in [-0.4, -0.2) is 29.7 Å². The molecule has 1 fully saturated rings. The maximum Gasteiger partial charge on any atom is 0.336 e. The van der Waals surface area contributed by atoms with Gasteiger partial charge in [-0.2, -0.15) is 0 Å². The van der Waals surface area contributed by atoms with Gasteiger partial charge in [-0.05, 0) is 47.0 Å². The molecule has 6 heteroatoms. The van der Waals surface area contributed by atoms with Crippen molar-refractivity contribution in [1.29, 1.82) is 0 Å². The molecule has 2 N–H and O–H groups in total. The van der Waals surface area contributed by atoms with Gasteiger partial charge in [0.1, 0.15) is 0 Å². The van der Waals surface area contributed by atoms with Gasteiger partial charge in [-0.25, -0.2) is 4.79 Å². The molecule has 0 spiro atoms. The Labute approximate surface area is 119 Å². The molecule has 19 heavy (non-hydrogen) atoms. The van der Waals surface area contributed by atoms with E-state index in [0.717, 1.165) is 12.8 Å². The molecule has 102 valence electrons. The zero-order valence-electron chi connectivity index (χ0n) is 10.2. The van der Waals surface area contributed by atoms with E-state index in [-0.39, 0.29) is 17.6 Å². The number of hydrogen-bond acceptors (Lipinski definition) is 3. The normalized spacial score (nSPS) is 18.3. The van der Waals surface area contributed by atoms with E-state index in [4.69, 9.17) is 9.84 Å². The van der Waals surface area contributed by atoms with Gasteiger partial charge in [-0.15, -0.1) is 0 Å². The van der Waals surface area contributed by atoms with Gasteiger partial charge >= 0.3 is 5.97 Å². The molecule has 1 unspecified atom stereocenters. The molecule has 1 aromatic carbocycles. The van der Waals surface area contributed by atoms with E-state index >= 15 is 0 Å². The van der Waals surface area contributed by atoms with Gasteiger partial charge in [0.25, 0.3) is 0 Å². The van der Waals surface area contributed by atoms with Crippen molar-refractivity contribution in [2.75, 3.05) is 11.9 Å². The zero-order chi connectivity index (χ0) is 13.8. The predicted octanol–water partition coefficient (Wildman–Crippen LogP) is 2.65. The van der Waals surface area contributed by atoms with Crippen LogP contribution in [0.4, 0.5) is 5.69 Å². The van der Waals surface area contributed by atoms with Crippen LogP contribution in [0.3, 0.4) is 0 Å². The van der Waals surface area contributed by atoms with E-state index in [2.05, 4.69) is 21.2 Å². The number of anilines is 1. The molecule has 0 radical (unpaired) electrons. The quantitative estimate of drug-likeness (QED) is 0.891. The Hall–Kier alpha value is -1.40. The number of carbonyl (C=O) groups is 2. The molecule has 2 rings (SSSR count). The minimum absolute atomic E-state index is 0.0191.